The summed E-state index contributed by atoms with van der Waals surface area (Å²) in [5, 5.41) is 0. The van der Waals surface area contributed by atoms with Gasteiger partial charge < -0.3 is 15.4 Å². The highest BCUT2D eigenvalue weighted by molar-refractivity contribution is 5.81. The number of hydrogen-bond donors (Lipinski definition) is 1. The lowest BCUT2D eigenvalue weighted by molar-refractivity contribution is -0.146. The van der Waals surface area contributed by atoms with Crippen molar-refractivity contribution in [3.8, 4) is 0 Å². The molecule has 2 rings (SSSR count). The molecule has 98 valence electrons. The molecule has 0 heterocycles. The first-order valence-electron chi connectivity index (χ1n) is 6.54. The lowest BCUT2D eigenvalue weighted by Crippen LogP contribution is -2.47. The van der Waals surface area contributed by atoms with Crippen molar-refractivity contribution in [2.75, 3.05) is 20.7 Å². The summed E-state index contributed by atoms with van der Waals surface area (Å²) in [5.74, 6) is 1.47. The molecule has 0 spiro atoms. The molecule has 4 nitrogen and oxygen atoms in total. The Bertz CT molecular complexity index is 308. The van der Waals surface area contributed by atoms with E-state index in [-0.39, 0.29) is 5.97 Å². The summed E-state index contributed by atoms with van der Waals surface area (Å²) in [5.41, 5.74) is 5.37. The third-order valence-electron chi connectivity index (χ3n) is 4.54. The average Bonchev–Trinajstić information content (AvgIpc) is 2.82. The zero-order chi connectivity index (χ0) is 12.6. The number of rotatable bonds is 4. The number of hydrogen-bond acceptors (Lipinski definition) is 4. The summed E-state index contributed by atoms with van der Waals surface area (Å²) in [6.45, 7) is 3.44. The van der Waals surface area contributed by atoms with E-state index in [4.69, 9.17) is 10.5 Å². The van der Waals surface area contributed by atoms with E-state index in [1.807, 2.05) is 0 Å². The van der Waals surface area contributed by atoms with E-state index >= 15 is 0 Å². The van der Waals surface area contributed by atoms with Gasteiger partial charge in [-0.15, -0.1) is 0 Å². The summed E-state index contributed by atoms with van der Waals surface area (Å²) in [7, 11) is 3.57. The van der Waals surface area contributed by atoms with Crippen LogP contribution in [0.2, 0.25) is 0 Å². The van der Waals surface area contributed by atoms with Crippen molar-refractivity contribution in [1.29, 1.82) is 0 Å². The molecule has 0 aromatic carbocycles. The molecular formula is C13H24N2O2. The third kappa shape index (κ3) is 2.63. The highest BCUT2D eigenvalue weighted by atomic mass is 16.5. The molecular weight excluding hydrogens is 216 g/mol. The molecule has 4 unspecified atom stereocenters. The van der Waals surface area contributed by atoms with Gasteiger partial charge in [0.25, 0.3) is 0 Å². The molecule has 0 aromatic heterocycles. The van der Waals surface area contributed by atoms with Crippen molar-refractivity contribution in [3.63, 3.8) is 0 Å². The molecule has 4 atom stereocenters. The Morgan fingerprint density at radius 1 is 1.59 bits per heavy atom. The fourth-order valence-corrected chi connectivity index (χ4v) is 2.99. The molecule has 0 aliphatic heterocycles. The van der Waals surface area contributed by atoms with Gasteiger partial charge in [-0.05, 0) is 44.6 Å². The number of methoxy groups -OCH3 is 1. The lowest BCUT2D eigenvalue weighted by atomic mass is 9.99. The smallest absolute Gasteiger partial charge is 0.325 e. The highest BCUT2D eigenvalue weighted by Gasteiger charge is 2.45. The van der Waals surface area contributed by atoms with Crippen LogP contribution >= 0.6 is 0 Å². The topological polar surface area (TPSA) is 55.6 Å². The molecule has 2 fully saturated rings. The second-order valence-corrected chi connectivity index (χ2v) is 5.96. The van der Waals surface area contributed by atoms with Crippen molar-refractivity contribution in [1.82, 2.24) is 4.90 Å². The van der Waals surface area contributed by atoms with Crippen LogP contribution in [-0.2, 0) is 9.53 Å². The predicted octanol–water partition coefficient (Wildman–Crippen LogP) is 0.997. The van der Waals surface area contributed by atoms with E-state index in [1.54, 1.807) is 0 Å². The zero-order valence-electron chi connectivity index (χ0n) is 11.1. The second kappa shape index (κ2) is 4.58. The number of carbonyl (C=O) groups excluding carboxylic acids is 1. The standard InChI is InChI=1S/C13H24N2O2/c1-9-6-10(9)8-15(2)11-4-5-13(14,7-11)12(16)17-3/h9-11H,4-8,14H2,1-3H3. The summed E-state index contributed by atoms with van der Waals surface area (Å²) in [4.78, 5) is 14.0. The number of ether oxygens (including phenoxy) is 1. The van der Waals surface area contributed by atoms with E-state index in [0.29, 0.717) is 6.04 Å². The first kappa shape index (κ1) is 12.8. The van der Waals surface area contributed by atoms with Gasteiger partial charge in [0.05, 0.1) is 7.11 Å². The van der Waals surface area contributed by atoms with Crippen LogP contribution in [0, 0.1) is 11.8 Å². The molecule has 17 heavy (non-hydrogen) atoms. The van der Waals surface area contributed by atoms with Crippen LogP contribution in [0.5, 0.6) is 0 Å². The van der Waals surface area contributed by atoms with Gasteiger partial charge in [0.2, 0.25) is 0 Å². The molecule has 0 saturated heterocycles. The third-order valence-corrected chi connectivity index (χ3v) is 4.54. The second-order valence-electron chi connectivity index (χ2n) is 5.96. The number of esters is 1. The van der Waals surface area contributed by atoms with Crippen molar-refractivity contribution in [2.24, 2.45) is 17.6 Å². The Balaban J connectivity index is 1.86. The minimum absolute atomic E-state index is 0.256. The van der Waals surface area contributed by atoms with Crippen LogP contribution in [0.25, 0.3) is 0 Å². The molecule has 4 heteroatoms. The molecule has 2 N–H and O–H groups in total. The maximum Gasteiger partial charge on any atom is 0.325 e. The fraction of sp³-hybridized carbons (Fsp3) is 0.923. The summed E-state index contributed by atoms with van der Waals surface area (Å²) in [6, 6.07) is 0.437. The van der Waals surface area contributed by atoms with Gasteiger partial charge in [0.15, 0.2) is 0 Å². The van der Waals surface area contributed by atoms with Crippen molar-refractivity contribution in [2.45, 2.75) is 44.2 Å². The zero-order valence-corrected chi connectivity index (χ0v) is 11.1. The van der Waals surface area contributed by atoms with E-state index < -0.39 is 5.54 Å². The Hall–Kier alpha value is -0.610. The van der Waals surface area contributed by atoms with E-state index in [9.17, 15) is 4.79 Å². The van der Waals surface area contributed by atoms with Crippen LogP contribution in [0.3, 0.4) is 0 Å². The van der Waals surface area contributed by atoms with Gasteiger partial charge in [0.1, 0.15) is 5.54 Å². The highest BCUT2D eigenvalue weighted by Crippen LogP contribution is 2.40. The van der Waals surface area contributed by atoms with Crippen molar-refractivity contribution < 1.29 is 9.53 Å². The normalized spacial score (nSPS) is 40.6. The minimum atomic E-state index is -0.747. The van der Waals surface area contributed by atoms with Gasteiger partial charge in [-0.25, -0.2) is 0 Å². The molecule has 0 bridgehead atoms. The fourth-order valence-electron chi connectivity index (χ4n) is 2.99. The SMILES string of the molecule is COC(=O)C1(N)CCC(N(C)CC2CC2C)C1. The quantitative estimate of drug-likeness (QED) is 0.745. The molecule has 2 saturated carbocycles. The first-order chi connectivity index (χ1) is 7.96. The van der Waals surface area contributed by atoms with Gasteiger partial charge >= 0.3 is 5.97 Å². The van der Waals surface area contributed by atoms with Gasteiger partial charge in [0, 0.05) is 12.6 Å². The molecule has 0 radical (unpaired) electrons. The van der Waals surface area contributed by atoms with Gasteiger partial charge in [-0.2, -0.15) is 0 Å². The number of nitrogens with two attached hydrogens (primary N) is 1. The molecule has 2 aliphatic carbocycles. The van der Waals surface area contributed by atoms with Crippen molar-refractivity contribution >= 4 is 5.97 Å². The molecule has 0 aromatic rings. The van der Waals surface area contributed by atoms with Crippen LogP contribution in [0.1, 0.15) is 32.6 Å². The summed E-state index contributed by atoms with van der Waals surface area (Å²) >= 11 is 0. The van der Waals surface area contributed by atoms with Crippen LogP contribution in [-0.4, -0.2) is 43.2 Å². The van der Waals surface area contributed by atoms with Gasteiger partial charge in [-0.3, -0.25) is 4.79 Å². The largest absolute Gasteiger partial charge is 0.468 e. The maximum absolute atomic E-state index is 11.6. The first-order valence-corrected chi connectivity index (χ1v) is 6.54. The van der Waals surface area contributed by atoms with E-state index in [1.165, 1.54) is 13.5 Å². The summed E-state index contributed by atoms with van der Waals surface area (Å²) < 4.78 is 4.79. The molecule has 2 aliphatic rings. The lowest BCUT2D eigenvalue weighted by Gasteiger charge is -2.26. The predicted molar refractivity (Wildman–Crippen MR) is 66.5 cm³/mol. The van der Waals surface area contributed by atoms with E-state index in [2.05, 4.69) is 18.9 Å². The maximum atomic E-state index is 11.6. The van der Waals surface area contributed by atoms with Crippen LogP contribution < -0.4 is 5.73 Å². The Morgan fingerprint density at radius 2 is 2.24 bits per heavy atom. The van der Waals surface area contributed by atoms with Gasteiger partial charge in [-0.1, -0.05) is 6.92 Å². The Labute approximate surface area is 103 Å². The van der Waals surface area contributed by atoms with Crippen LogP contribution in [0.15, 0.2) is 0 Å². The summed E-state index contributed by atoms with van der Waals surface area (Å²) in [6.07, 6.45) is 3.83. The number of nitrogens with zero attached hydrogens (tertiary/aromatic N) is 1. The minimum Gasteiger partial charge on any atom is -0.468 e. The Morgan fingerprint density at radius 3 is 2.76 bits per heavy atom. The van der Waals surface area contributed by atoms with Crippen molar-refractivity contribution in [3.05, 3.63) is 0 Å². The Kier molecular flexibility index (Phi) is 3.46. The molecule has 0 amide bonds. The average molecular weight is 240 g/mol. The van der Waals surface area contributed by atoms with Crippen LogP contribution in [0.4, 0.5) is 0 Å². The van der Waals surface area contributed by atoms with E-state index in [0.717, 1.165) is 37.6 Å². The number of carbonyl (C=O) groups is 1. The monoisotopic (exact) mass is 240 g/mol.